The molecule has 3 rings (SSSR count). The molecule has 1 N–H and O–H groups in total. The third-order valence-corrected chi connectivity index (χ3v) is 3.83. The first-order valence-corrected chi connectivity index (χ1v) is 6.92. The van der Waals surface area contributed by atoms with E-state index in [2.05, 4.69) is 40.5 Å². The van der Waals surface area contributed by atoms with Crippen LogP contribution in [0.15, 0.2) is 48.5 Å². The van der Waals surface area contributed by atoms with Gasteiger partial charge in [0, 0.05) is 31.4 Å². The number of carbonyl (C=O) groups is 1. The smallest absolute Gasteiger partial charge is 0.251 e. The number of rotatable bonds is 2. The van der Waals surface area contributed by atoms with E-state index in [0.29, 0.717) is 5.56 Å². The monoisotopic (exact) mass is 266 g/mol. The van der Waals surface area contributed by atoms with Crippen molar-refractivity contribution in [3.63, 3.8) is 0 Å². The van der Waals surface area contributed by atoms with Crippen LogP contribution in [0.5, 0.6) is 0 Å². The van der Waals surface area contributed by atoms with Crippen molar-refractivity contribution in [3.8, 4) is 0 Å². The second-order valence-corrected chi connectivity index (χ2v) is 5.07. The largest absolute Gasteiger partial charge is 0.367 e. The van der Waals surface area contributed by atoms with E-state index in [4.69, 9.17) is 0 Å². The molecule has 2 aromatic carbocycles. The van der Waals surface area contributed by atoms with Crippen molar-refractivity contribution >= 4 is 11.6 Å². The summed E-state index contributed by atoms with van der Waals surface area (Å²) in [7, 11) is 1.66. The van der Waals surface area contributed by atoms with Gasteiger partial charge >= 0.3 is 0 Å². The summed E-state index contributed by atoms with van der Waals surface area (Å²) in [5.41, 5.74) is 4.64. The van der Waals surface area contributed by atoms with Gasteiger partial charge in [-0.25, -0.2) is 0 Å². The maximum Gasteiger partial charge on any atom is 0.251 e. The summed E-state index contributed by atoms with van der Waals surface area (Å²) in [6, 6.07) is 16.4. The average molecular weight is 266 g/mol. The number of nitrogens with one attached hydrogen (secondary N) is 1. The molecule has 20 heavy (non-hydrogen) atoms. The van der Waals surface area contributed by atoms with E-state index in [1.54, 1.807) is 7.05 Å². The van der Waals surface area contributed by atoms with Crippen LogP contribution < -0.4 is 10.2 Å². The highest BCUT2D eigenvalue weighted by Gasteiger charge is 2.16. The third-order valence-electron chi connectivity index (χ3n) is 3.83. The van der Waals surface area contributed by atoms with Crippen molar-refractivity contribution in [2.45, 2.75) is 13.0 Å². The van der Waals surface area contributed by atoms with Crippen molar-refractivity contribution in [3.05, 3.63) is 65.2 Å². The van der Waals surface area contributed by atoms with E-state index in [9.17, 15) is 4.79 Å². The lowest BCUT2D eigenvalue weighted by atomic mass is 9.99. The molecule has 102 valence electrons. The standard InChI is InChI=1S/C17H18N2O/c1-18-17(20)14-7-4-8-16(11-14)19-10-9-13-5-2-3-6-15(13)12-19/h2-8,11H,9-10,12H2,1H3,(H,18,20). The van der Waals surface area contributed by atoms with Crippen LogP contribution in [0.2, 0.25) is 0 Å². The van der Waals surface area contributed by atoms with Crippen molar-refractivity contribution in [1.29, 1.82) is 0 Å². The Hall–Kier alpha value is -2.29. The molecule has 1 aliphatic rings. The maximum atomic E-state index is 11.7. The molecular formula is C17H18N2O. The van der Waals surface area contributed by atoms with Gasteiger partial charge < -0.3 is 10.2 Å². The van der Waals surface area contributed by atoms with E-state index in [1.165, 1.54) is 11.1 Å². The van der Waals surface area contributed by atoms with Gasteiger partial charge in [0.2, 0.25) is 0 Å². The van der Waals surface area contributed by atoms with Crippen LogP contribution in [-0.4, -0.2) is 19.5 Å². The van der Waals surface area contributed by atoms with E-state index in [0.717, 1.165) is 25.2 Å². The average Bonchev–Trinajstić information content (AvgIpc) is 2.53. The molecular weight excluding hydrogens is 248 g/mol. The molecule has 1 amide bonds. The molecule has 0 bridgehead atoms. The van der Waals surface area contributed by atoms with Gasteiger partial charge in [0.1, 0.15) is 0 Å². The third kappa shape index (κ3) is 2.39. The summed E-state index contributed by atoms with van der Waals surface area (Å²) in [4.78, 5) is 14.0. The minimum absolute atomic E-state index is 0.0377. The Balaban J connectivity index is 1.86. The van der Waals surface area contributed by atoms with E-state index >= 15 is 0 Å². The van der Waals surface area contributed by atoms with Crippen LogP contribution in [-0.2, 0) is 13.0 Å². The Labute approximate surface area is 119 Å². The fourth-order valence-electron chi connectivity index (χ4n) is 2.70. The highest BCUT2D eigenvalue weighted by molar-refractivity contribution is 5.94. The van der Waals surface area contributed by atoms with Gasteiger partial charge in [0.05, 0.1) is 0 Å². The molecule has 1 heterocycles. The first-order chi connectivity index (χ1) is 9.78. The van der Waals surface area contributed by atoms with Crippen LogP contribution in [0.3, 0.4) is 0 Å². The van der Waals surface area contributed by atoms with Crippen LogP contribution >= 0.6 is 0 Å². The van der Waals surface area contributed by atoms with Crippen LogP contribution in [0, 0.1) is 0 Å². The van der Waals surface area contributed by atoms with Gasteiger partial charge in [-0.2, -0.15) is 0 Å². The Morgan fingerprint density at radius 2 is 1.90 bits per heavy atom. The maximum absolute atomic E-state index is 11.7. The molecule has 3 heteroatoms. The number of benzene rings is 2. The molecule has 0 saturated heterocycles. The van der Waals surface area contributed by atoms with E-state index < -0.39 is 0 Å². The zero-order valence-corrected chi connectivity index (χ0v) is 11.6. The summed E-state index contributed by atoms with van der Waals surface area (Å²) in [6.07, 6.45) is 1.06. The topological polar surface area (TPSA) is 32.3 Å². The van der Waals surface area contributed by atoms with Gasteiger partial charge in [-0.05, 0) is 35.7 Å². The minimum atomic E-state index is -0.0377. The quantitative estimate of drug-likeness (QED) is 0.906. The lowest BCUT2D eigenvalue weighted by Crippen LogP contribution is -2.30. The second-order valence-electron chi connectivity index (χ2n) is 5.07. The fourth-order valence-corrected chi connectivity index (χ4v) is 2.70. The molecule has 0 radical (unpaired) electrons. The van der Waals surface area contributed by atoms with Crippen molar-refractivity contribution in [2.75, 3.05) is 18.5 Å². The molecule has 0 fully saturated rings. The van der Waals surface area contributed by atoms with Gasteiger partial charge in [0.15, 0.2) is 0 Å². The highest BCUT2D eigenvalue weighted by atomic mass is 16.1. The van der Waals surface area contributed by atoms with Gasteiger partial charge in [-0.15, -0.1) is 0 Å². The number of hydrogen-bond donors (Lipinski definition) is 1. The summed E-state index contributed by atoms with van der Waals surface area (Å²) in [6.45, 7) is 1.90. The zero-order valence-electron chi connectivity index (χ0n) is 11.6. The number of anilines is 1. The summed E-state index contributed by atoms with van der Waals surface area (Å²) in [5.74, 6) is -0.0377. The number of amides is 1. The Bertz CT molecular complexity index is 636. The predicted octanol–water partition coefficient (Wildman–Crippen LogP) is 2.61. The lowest BCUT2D eigenvalue weighted by Gasteiger charge is -2.31. The number of carbonyl (C=O) groups excluding carboxylic acids is 1. The number of fused-ring (bicyclic) bond motifs is 1. The Morgan fingerprint density at radius 1 is 1.10 bits per heavy atom. The summed E-state index contributed by atoms with van der Waals surface area (Å²) in [5, 5.41) is 2.67. The van der Waals surface area contributed by atoms with Crippen molar-refractivity contribution in [2.24, 2.45) is 0 Å². The lowest BCUT2D eigenvalue weighted by molar-refractivity contribution is 0.0963. The van der Waals surface area contributed by atoms with Gasteiger partial charge in [-0.3, -0.25) is 4.79 Å². The first kappa shape index (κ1) is 12.7. The molecule has 0 aliphatic carbocycles. The van der Waals surface area contributed by atoms with Crippen LogP contribution in [0.4, 0.5) is 5.69 Å². The number of nitrogens with zero attached hydrogens (tertiary/aromatic N) is 1. The molecule has 0 unspecified atom stereocenters. The second kappa shape index (κ2) is 5.37. The van der Waals surface area contributed by atoms with Crippen molar-refractivity contribution in [1.82, 2.24) is 5.32 Å². The molecule has 2 aromatic rings. The SMILES string of the molecule is CNC(=O)c1cccc(N2CCc3ccccc3C2)c1. The van der Waals surface area contributed by atoms with Gasteiger partial charge in [0.25, 0.3) is 5.91 Å². The molecule has 0 atom stereocenters. The highest BCUT2D eigenvalue weighted by Crippen LogP contribution is 2.24. The van der Waals surface area contributed by atoms with E-state index in [1.807, 2.05) is 18.2 Å². The number of hydrogen-bond acceptors (Lipinski definition) is 2. The zero-order chi connectivity index (χ0) is 13.9. The molecule has 0 aromatic heterocycles. The first-order valence-electron chi connectivity index (χ1n) is 6.92. The summed E-state index contributed by atoms with van der Waals surface area (Å²) >= 11 is 0. The predicted molar refractivity (Wildman–Crippen MR) is 81.0 cm³/mol. The fraction of sp³-hybridized carbons (Fsp3) is 0.235. The molecule has 1 aliphatic heterocycles. The molecule has 3 nitrogen and oxygen atoms in total. The van der Waals surface area contributed by atoms with Crippen LogP contribution in [0.1, 0.15) is 21.5 Å². The Morgan fingerprint density at radius 3 is 2.70 bits per heavy atom. The molecule has 0 spiro atoms. The molecule has 0 saturated carbocycles. The Kier molecular flexibility index (Phi) is 3.42. The normalized spacial score (nSPS) is 13.8. The van der Waals surface area contributed by atoms with Gasteiger partial charge in [-0.1, -0.05) is 30.3 Å². The van der Waals surface area contributed by atoms with E-state index in [-0.39, 0.29) is 5.91 Å². The summed E-state index contributed by atoms with van der Waals surface area (Å²) < 4.78 is 0. The van der Waals surface area contributed by atoms with Crippen LogP contribution in [0.25, 0.3) is 0 Å². The minimum Gasteiger partial charge on any atom is -0.367 e. The van der Waals surface area contributed by atoms with Crippen molar-refractivity contribution < 1.29 is 4.79 Å².